The van der Waals surface area contributed by atoms with Crippen LogP contribution < -0.4 is 0 Å². The molecule has 16 heteroatoms. The molecule has 236 valence electrons. The molecule has 0 fully saturated rings. The number of aliphatic carboxylic acids is 2. The van der Waals surface area contributed by atoms with Gasteiger partial charge >= 0.3 is 11.9 Å². The summed E-state index contributed by atoms with van der Waals surface area (Å²) in [5.41, 5.74) is 3.49. The molecule has 5 N–H and O–H groups in total. The minimum absolute atomic E-state index is 0.0460. The van der Waals surface area contributed by atoms with Crippen molar-refractivity contribution in [1.82, 2.24) is 34.9 Å². The van der Waals surface area contributed by atoms with E-state index in [9.17, 15) is 14.7 Å². The lowest BCUT2D eigenvalue weighted by Crippen LogP contribution is -1.97. The molecule has 0 radical (unpaired) electrons. The van der Waals surface area contributed by atoms with Crippen LogP contribution in [0.1, 0.15) is 0 Å². The Bertz CT molecular complexity index is 2280. The van der Waals surface area contributed by atoms with E-state index in [-0.39, 0.29) is 39.8 Å². The molecule has 47 heavy (non-hydrogen) atoms. The van der Waals surface area contributed by atoms with Crippen LogP contribution in [0.4, 0.5) is 0 Å². The minimum atomic E-state index is -1.00. The van der Waals surface area contributed by atoms with Crippen molar-refractivity contribution in [2.45, 2.75) is 10.3 Å². The van der Waals surface area contributed by atoms with Crippen LogP contribution in [-0.2, 0) is 16.6 Å². The number of fused-ring (bicyclic) bond motifs is 1. The minimum Gasteiger partial charge on any atom is -0.508 e. The first-order valence-electron chi connectivity index (χ1n) is 13.9. The number of H-pyrrole nitrogens is 2. The van der Waals surface area contributed by atoms with Gasteiger partial charge in [-0.05, 0) is 48.5 Å². The Morgan fingerprint density at radius 2 is 1.34 bits per heavy atom. The lowest BCUT2D eigenvalue weighted by Gasteiger charge is -2.00. The number of aromatic nitrogens is 7. The van der Waals surface area contributed by atoms with Crippen molar-refractivity contribution in [2.75, 3.05) is 11.5 Å². The second kappa shape index (κ2) is 12.2. The zero-order valence-corrected chi connectivity index (χ0v) is 25.9. The summed E-state index contributed by atoms with van der Waals surface area (Å²) in [5, 5.41) is 46.7. The monoisotopic (exact) mass is 669 g/mol. The number of thioether (sulfide) groups is 2. The summed E-state index contributed by atoms with van der Waals surface area (Å²) in [4.78, 5) is 28.4. The van der Waals surface area contributed by atoms with E-state index >= 15 is 0 Å². The first-order valence-corrected chi connectivity index (χ1v) is 15.9. The smallest absolute Gasteiger partial charge is 0.313 e. The third kappa shape index (κ3) is 6.10. The molecule has 5 aromatic heterocycles. The number of aromatic hydroxyl groups is 1. The summed E-state index contributed by atoms with van der Waals surface area (Å²) in [7, 11) is 1.97. The van der Waals surface area contributed by atoms with Gasteiger partial charge in [-0.2, -0.15) is 0 Å². The number of aromatic amines is 2. The predicted octanol–water partition coefficient (Wildman–Crippen LogP) is 5.99. The number of aryl methyl sites for hydroxylation is 1. The molecule has 2 aromatic carbocycles. The third-order valence-corrected chi connectivity index (χ3v) is 8.78. The summed E-state index contributed by atoms with van der Waals surface area (Å²) in [6.45, 7) is 0. The van der Waals surface area contributed by atoms with E-state index in [0.717, 1.165) is 40.0 Å². The SMILES string of the molecule is Cn1ccc2cc(-c3cc(-c4cc(-c5cccc(O)c5)oc4-c4nnc(SCC(=O)O)[nH]4)c(-c4nnc(SCC(=O)O)[nH]4)o3)ccc21. The number of carboxylic acids is 2. The lowest BCUT2D eigenvalue weighted by atomic mass is 10.0. The summed E-state index contributed by atoms with van der Waals surface area (Å²) >= 11 is 1.96. The van der Waals surface area contributed by atoms with Crippen LogP contribution in [0.25, 0.3) is 67.8 Å². The van der Waals surface area contributed by atoms with E-state index < -0.39 is 11.9 Å². The number of hydrogen-bond acceptors (Lipinski definition) is 11. The topological polar surface area (TPSA) is 209 Å². The highest BCUT2D eigenvalue weighted by Gasteiger charge is 2.27. The van der Waals surface area contributed by atoms with E-state index in [0.29, 0.717) is 39.1 Å². The Hall–Kier alpha value is -5.74. The number of nitrogens with zero attached hydrogens (tertiary/aromatic N) is 5. The summed E-state index contributed by atoms with van der Waals surface area (Å²) in [5.74, 6) is -0.430. The van der Waals surface area contributed by atoms with Crippen molar-refractivity contribution in [2.24, 2.45) is 7.05 Å². The maximum absolute atomic E-state index is 11.2. The van der Waals surface area contributed by atoms with Crippen LogP contribution >= 0.6 is 23.5 Å². The number of rotatable bonds is 11. The molecule has 0 aliphatic carbocycles. The number of phenolic OH excluding ortho intramolecular Hbond substituents is 1. The fourth-order valence-corrected chi connectivity index (χ4v) is 6.06. The third-order valence-electron chi connectivity index (χ3n) is 7.08. The Morgan fingerprint density at radius 3 is 1.89 bits per heavy atom. The number of carbonyl (C=O) groups is 2. The predicted molar refractivity (Wildman–Crippen MR) is 173 cm³/mol. The molecule has 0 bridgehead atoms. The fraction of sp³-hybridized carbons (Fsp3) is 0.0968. The number of benzene rings is 2. The Balaban J connectivity index is 1.40. The normalized spacial score (nSPS) is 11.4. The molecule has 7 rings (SSSR count). The molecule has 0 aliphatic rings. The maximum atomic E-state index is 11.2. The largest absolute Gasteiger partial charge is 0.508 e. The lowest BCUT2D eigenvalue weighted by molar-refractivity contribution is -0.134. The van der Waals surface area contributed by atoms with Gasteiger partial charge in [-0.1, -0.05) is 35.7 Å². The van der Waals surface area contributed by atoms with Crippen molar-refractivity contribution in [3.63, 3.8) is 0 Å². The van der Waals surface area contributed by atoms with Gasteiger partial charge in [0.2, 0.25) is 0 Å². The molecule has 5 heterocycles. The van der Waals surface area contributed by atoms with Gasteiger partial charge in [-0.25, -0.2) is 0 Å². The van der Waals surface area contributed by atoms with Crippen molar-refractivity contribution in [3.8, 4) is 62.7 Å². The Morgan fingerprint density at radius 1 is 0.766 bits per heavy atom. The average Bonchev–Trinajstić information content (AvgIpc) is 3.88. The standard InChI is InChI=1S/C31H23N7O7S2/c1-38-8-7-15-9-17(5-6-21(15)38)23-12-20(27(45-23)29-33-31(37-35-29)47-14-25(42)43)19-11-22(16-3-2-4-18(39)10-16)44-26(19)28-32-30(36-34-28)46-13-24(40)41/h2-12,39H,13-14H2,1H3,(H,40,41)(H,42,43)(H,32,34,36)(H,33,35,37). The first-order chi connectivity index (χ1) is 22.7. The summed E-state index contributed by atoms with van der Waals surface area (Å²) < 4.78 is 14.8. The molecular weight excluding hydrogens is 647 g/mol. The zero-order chi connectivity index (χ0) is 32.7. The molecule has 0 amide bonds. The van der Waals surface area contributed by atoms with Crippen LogP contribution in [0.2, 0.25) is 0 Å². The summed E-state index contributed by atoms with van der Waals surface area (Å²) in [6, 6.07) is 18.1. The molecule has 0 spiro atoms. The van der Waals surface area contributed by atoms with Crippen LogP contribution in [0, 0.1) is 0 Å². The van der Waals surface area contributed by atoms with Gasteiger partial charge in [-0.15, -0.1) is 20.4 Å². The average molecular weight is 670 g/mol. The first kappa shape index (κ1) is 29.9. The van der Waals surface area contributed by atoms with Crippen LogP contribution in [-0.4, -0.2) is 73.7 Å². The highest BCUT2D eigenvalue weighted by molar-refractivity contribution is 8.00. The van der Waals surface area contributed by atoms with Crippen molar-refractivity contribution >= 4 is 46.4 Å². The Kier molecular flexibility index (Phi) is 7.79. The van der Waals surface area contributed by atoms with Crippen molar-refractivity contribution < 1.29 is 33.7 Å². The maximum Gasteiger partial charge on any atom is 0.313 e. The highest BCUT2D eigenvalue weighted by Crippen LogP contribution is 2.45. The molecule has 0 atom stereocenters. The molecule has 0 aliphatic heterocycles. The number of hydrogen-bond donors (Lipinski definition) is 5. The zero-order valence-electron chi connectivity index (χ0n) is 24.3. The molecule has 0 unspecified atom stereocenters. The van der Waals surface area contributed by atoms with Crippen molar-refractivity contribution in [1.29, 1.82) is 0 Å². The van der Waals surface area contributed by atoms with E-state index in [1.165, 1.54) is 0 Å². The van der Waals surface area contributed by atoms with Gasteiger partial charge in [0.1, 0.15) is 17.3 Å². The van der Waals surface area contributed by atoms with Crippen LogP contribution in [0.5, 0.6) is 5.75 Å². The molecule has 0 saturated carbocycles. The van der Waals surface area contributed by atoms with Gasteiger partial charge in [0, 0.05) is 46.4 Å². The second-order valence-corrected chi connectivity index (χ2v) is 12.2. The van der Waals surface area contributed by atoms with E-state index in [1.54, 1.807) is 30.3 Å². The van der Waals surface area contributed by atoms with E-state index in [4.69, 9.17) is 19.0 Å². The van der Waals surface area contributed by atoms with Crippen molar-refractivity contribution in [3.05, 3.63) is 66.9 Å². The van der Waals surface area contributed by atoms with Gasteiger partial charge in [0.15, 0.2) is 33.5 Å². The van der Waals surface area contributed by atoms with E-state index in [1.807, 2.05) is 48.1 Å². The fourth-order valence-electron chi connectivity index (χ4n) is 5.00. The number of carboxylic acid groups (broad SMARTS) is 2. The van der Waals surface area contributed by atoms with Gasteiger partial charge < -0.3 is 38.7 Å². The Labute approximate surface area is 272 Å². The molecule has 7 aromatic rings. The van der Waals surface area contributed by atoms with Gasteiger partial charge in [0.05, 0.1) is 11.5 Å². The molecule has 0 saturated heterocycles. The van der Waals surface area contributed by atoms with Crippen LogP contribution in [0.3, 0.4) is 0 Å². The van der Waals surface area contributed by atoms with E-state index in [2.05, 4.69) is 30.4 Å². The van der Waals surface area contributed by atoms with Gasteiger partial charge in [0.25, 0.3) is 0 Å². The quantitative estimate of drug-likeness (QED) is 0.100. The molecular formula is C31H23N7O7S2. The molecule has 14 nitrogen and oxygen atoms in total. The number of phenols is 1. The number of nitrogens with one attached hydrogen (secondary N) is 2. The summed E-state index contributed by atoms with van der Waals surface area (Å²) in [6.07, 6.45) is 1.97. The highest BCUT2D eigenvalue weighted by atomic mass is 32.2. The number of furan rings is 2. The van der Waals surface area contributed by atoms with Crippen LogP contribution in [0.15, 0.2) is 86.0 Å². The van der Waals surface area contributed by atoms with Gasteiger partial charge in [-0.3, -0.25) is 9.59 Å². The second-order valence-electron chi connectivity index (χ2n) is 10.3.